The molecular weight excluding hydrogens is 348 g/mol. The molecule has 0 fully saturated rings. The molecule has 0 bridgehead atoms. The zero-order valence-electron chi connectivity index (χ0n) is 17.7. The van der Waals surface area contributed by atoms with E-state index < -0.39 is 6.09 Å². The van der Waals surface area contributed by atoms with Crippen LogP contribution in [-0.4, -0.2) is 19.2 Å². The molecule has 0 saturated carbocycles. The normalized spacial score (nSPS) is 13.6. The van der Waals surface area contributed by atoms with Crippen molar-refractivity contribution in [2.75, 3.05) is 23.3 Å². The maximum atomic E-state index is 12.2. The van der Waals surface area contributed by atoms with Crippen molar-refractivity contribution in [3.05, 3.63) is 53.6 Å². The third-order valence-corrected chi connectivity index (χ3v) is 5.21. The first-order valence-corrected chi connectivity index (χ1v) is 10.2. The Balaban J connectivity index is 1.59. The number of rotatable bonds is 5. The predicted molar refractivity (Wildman–Crippen MR) is 117 cm³/mol. The van der Waals surface area contributed by atoms with Gasteiger partial charge < -0.3 is 9.64 Å². The zero-order valence-corrected chi connectivity index (χ0v) is 17.7. The summed E-state index contributed by atoms with van der Waals surface area (Å²) in [5, 5.41) is 2.80. The molecule has 28 heavy (non-hydrogen) atoms. The first kappa shape index (κ1) is 20.2. The molecule has 0 atom stereocenters. The lowest BCUT2D eigenvalue weighted by Gasteiger charge is -2.25. The van der Waals surface area contributed by atoms with Crippen molar-refractivity contribution in [1.82, 2.24) is 0 Å². The molecule has 3 rings (SSSR count). The molecule has 150 valence electrons. The van der Waals surface area contributed by atoms with Crippen LogP contribution >= 0.6 is 0 Å². The third-order valence-electron chi connectivity index (χ3n) is 5.21. The summed E-state index contributed by atoms with van der Waals surface area (Å²) in [7, 11) is 0. The van der Waals surface area contributed by atoms with E-state index in [0.717, 1.165) is 31.6 Å². The molecule has 1 N–H and O–H groups in total. The van der Waals surface area contributed by atoms with Crippen molar-refractivity contribution in [2.24, 2.45) is 5.41 Å². The SMILES string of the molecule is CC(C)c1ccc(NC(=O)Oc2ccc3c(c2)CCN3CCC(C)(C)C)cc1. The minimum absolute atomic E-state index is 0.331. The predicted octanol–water partition coefficient (Wildman–Crippen LogP) is 6.22. The van der Waals surface area contributed by atoms with Crippen molar-refractivity contribution >= 4 is 17.5 Å². The summed E-state index contributed by atoms with van der Waals surface area (Å²) in [6.07, 6.45) is 1.69. The number of anilines is 2. The van der Waals surface area contributed by atoms with Gasteiger partial charge in [0.15, 0.2) is 0 Å². The van der Waals surface area contributed by atoms with Gasteiger partial charge in [-0.1, -0.05) is 46.8 Å². The minimum Gasteiger partial charge on any atom is -0.410 e. The zero-order chi connectivity index (χ0) is 20.3. The fourth-order valence-corrected chi connectivity index (χ4v) is 3.41. The number of nitrogens with one attached hydrogen (secondary N) is 1. The van der Waals surface area contributed by atoms with Crippen LogP contribution in [0.25, 0.3) is 0 Å². The Kier molecular flexibility index (Phi) is 5.97. The second-order valence-corrected chi connectivity index (χ2v) is 9.13. The van der Waals surface area contributed by atoms with Gasteiger partial charge in [0.2, 0.25) is 0 Å². The number of benzene rings is 2. The van der Waals surface area contributed by atoms with Crippen LogP contribution in [0.3, 0.4) is 0 Å². The molecule has 0 aromatic heterocycles. The van der Waals surface area contributed by atoms with Gasteiger partial charge in [0, 0.05) is 24.5 Å². The fourth-order valence-electron chi connectivity index (χ4n) is 3.41. The van der Waals surface area contributed by atoms with Crippen LogP contribution in [0.2, 0.25) is 0 Å². The van der Waals surface area contributed by atoms with Crippen LogP contribution in [0.4, 0.5) is 16.2 Å². The average molecular weight is 381 g/mol. The summed E-state index contributed by atoms with van der Waals surface area (Å²) in [5.74, 6) is 1.06. The number of hydrogen-bond acceptors (Lipinski definition) is 3. The second-order valence-electron chi connectivity index (χ2n) is 9.13. The van der Waals surface area contributed by atoms with Gasteiger partial charge in [-0.25, -0.2) is 4.79 Å². The molecule has 1 heterocycles. The maximum Gasteiger partial charge on any atom is 0.417 e. The molecule has 0 radical (unpaired) electrons. The highest BCUT2D eigenvalue weighted by molar-refractivity contribution is 5.86. The Bertz CT molecular complexity index is 819. The molecule has 4 heteroatoms. The molecule has 1 aliphatic rings. The lowest BCUT2D eigenvalue weighted by molar-refractivity contribution is 0.215. The number of nitrogens with zero attached hydrogens (tertiary/aromatic N) is 1. The van der Waals surface area contributed by atoms with Crippen LogP contribution in [0, 0.1) is 5.41 Å². The maximum absolute atomic E-state index is 12.2. The first-order chi connectivity index (χ1) is 13.2. The molecule has 4 nitrogen and oxygen atoms in total. The molecule has 1 aliphatic heterocycles. The van der Waals surface area contributed by atoms with Crippen LogP contribution < -0.4 is 15.0 Å². The smallest absolute Gasteiger partial charge is 0.410 e. The lowest BCUT2D eigenvalue weighted by atomic mass is 9.92. The highest BCUT2D eigenvalue weighted by atomic mass is 16.6. The highest BCUT2D eigenvalue weighted by Crippen LogP contribution is 2.33. The quantitative estimate of drug-likeness (QED) is 0.669. The summed E-state index contributed by atoms with van der Waals surface area (Å²) in [4.78, 5) is 14.7. The van der Waals surface area contributed by atoms with Gasteiger partial charge in [0.05, 0.1) is 0 Å². The summed E-state index contributed by atoms with van der Waals surface area (Å²) in [5.41, 5.74) is 4.83. The minimum atomic E-state index is -0.458. The number of hydrogen-bond donors (Lipinski definition) is 1. The molecule has 0 spiro atoms. The number of carbonyl (C=O) groups is 1. The molecule has 1 amide bonds. The van der Waals surface area contributed by atoms with Crippen LogP contribution in [0.5, 0.6) is 5.75 Å². The van der Waals surface area contributed by atoms with Crippen LogP contribution in [-0.2, 0) is 6.42 Å². The van der Waals surface area contributed by atoms with E-state index in [4.69, 9.17) is 4.74 Å². The number of carbonyl (C=O) groups excluding carboxylic acids is 1. The summed E-state index contributed by atoms with van der Waals surface area (Å²) >= 11 is 0. The number of amides is 1. The van der Waals surface area contributed by atoms with E-state index in [9.17, 15) is 4.79 Å². The van der Waals surface area contributed by atoms with Gasteiger partial charge in [0.1, 0.15) is 5.75 Å². The Morgan fingerprint density at radius 3 is 2.50 bits per heavy atom. The molecule has 0 saturated heterocycles. The van der Waals surface area contributed by atoms with Gasteiger partial charge in [-0.15, -0.1) is 0 Å². The van der Waals surface area contributed by atoms with E-state index in [1.165, 1.54) is 16.8 Å². The van der Waals surface area contributed by atoms with E-state index in [1.807, 2.05) is 36.4 Å². The topological polar surface area (TPSA) is 41.6 Å². The highest BCUT2D eigenvalue weighted by Gasteiger charge is 2.22. The van der Waals surface area contributed by atoms with E-state index in [0.29, 0.717) is 17.1 Å². The Labute approximate surface area is 168 Å². The number of fused-ring (bicyclic) bond motifs is 1. The lowest BCUT2D eigenvalue weighted by Crippen LogP contribution is -2.25. The van der Waals surface area contributed by atoms with Gasteiger partial charge in [-0.2, -0.15) is 0 Å². The first-order valence-electron chi connectivity index (χ1n) is 10.2. The van der Waals surface area contributed by atoms with E-state index in [2.05, 4.69) is 50.9 Å². The van der Waals surface area contributed by atoms with Crippen LogP contribution in [0.1, 0.15) is 58.1 Å². The van der Waals surface area contributed by atoms with Crippen molar-refractivity contribution in [3.63, 3.8) is 0 Å². The van der Waals surface area contributed by atoms with Gasteiger partial charge in [-0.3, -0.25) is 5.32 Å². The van der Waals surface area contributed by atoms with E-state index in [1.54, 1.807) is 0 Å². The summed E-state index contributed by atoms with van der Waals surface area (Å²) in [6.45, 7) is 13.2. The summed E-state index contributed by atoms with van der Waals surface area (Å²) < 4.78 is 5.50. The standard InChI is InChI=1S/C24H32N2O2/c1-17(2)18-6-8-20(9-7-18)25-23(27)28-21-10-11-22-19(16-21)12-14-26(22)15-13-24(3,4)5/h6-11,16-17H,12-15H2,1-5H3,(H,25,27). The second kappa shape index (κ2) is 8.26. The molecular formula is C24H32N2O2. The van der Waals surface area contributed by atoms with Gasteiger partial charge in [0.25, 0.3) is 0 Å². The summed E-state index contributed by atoms with van der Waals surface area (Å²) in [6, 6.07) is 13.8. The van der Waals surface area contributed by atoms with Gasteiger partial charge in [-0.05, 0) is 65.6 Å². The third kappa shape index (κ3) is 5.28. The van der Waals surface area contributed by atoms with Crippen molar-refractivity contribution in [3.8, 4) is 5.75 Å². The van der Waals surface area contributed by atoms with Crippen molar-refractivity contribution in [1.29, 1.82) is 0 Å². The Morgan fingerprint density at radius 2 is 1.86 bits per heavy atom. The molecule has 0 aliphatic carbocycles. The van der Waals surface area contributed by atoms with Crippen LogP contribution in [0.15, 0.2) is 42.5 Å². The van der Waals surface area contributed by atoms with Crippen molar-refractivity contribution < 1.29 is 9.53 Å². The fraction of sp³-hybridized carbons (Fsp3) is 0.458. The van der Waals surface area contributed by atoms with Crippen molar-refractivity contribution in [2.45, 2.75) is 53.4 Å². The monoisotopic (exact) mass is 380 g/mol. The van der Waals surface area contributed by atoms with E-state index >= 15 is 0 Å². The number of ether oxygens (including phenoxy) is 1. The Hall–Kier alpha value is -2.49. The Morgan fingerprint density at radius 1 is 1.14 bits per heavy atom. The molecule has 2 aromatic carbocycles. The molecule has 2 aromatic rings. The average Bonchev–Trinajstić information content (AvgIpc) is 3.02. The van der Waals surface area contributed by atoms with E-state index in [-0.39, 0.29) is 0 Å². The largest absolute Gasteiger partial charge is 0.417 e. The molecule has 0 unspecified atom stereocenters. The van der Waals surface area contributed by atoms with Gasteiger partial charge >= 0.3 is 6.09 Å².